The Labute approximate surface area is 89.4 Å². The molecule has 0 amide bonds. The van der Waals surface area contributed by atoms with Gasteiger partial charge < -0.3 is 0 Å². The molecule has 2 aromatic rings. The average Bonchev–Trinajstić information content (AvgIpc) is 2.30. The maximum Gasteiger partial charge on any atom is 0.334 e. The first kappa shape index (κ1) is 9.86. The van der Waals surface area contributed by atoms with Crippen molar-refractivity contribution in [3.63, 3.8) is 0 Å². The van der Waals surface area contributed by atoms with Gasteiger partial charge >= 0.3 is 5.69 Å². The summed E-state index contributed by atoms with van der Waals surface area (Å²) in [4.78, 5) is 28.6. The lowest BCUT2D eigenvalue weighted by Gasteiger charge is -2.02. The maximum absolute atomic E-state index is 11.5. The van der Waals surface area contributed by atoms with Crippen LogP contribution in [-0.2, 0) is 0 Å². The van der Waals surface area contributed by atoms with Gasteiger partial charge in [-0.05, 0) is 12.1 Å². The van der Waals surface area contributed by atoms with Crippen molar-refractivity contribution in [3.8, 4) is 11.9 Å². The summed E-state index contributed by atoms with van der Waals surface area (Å²) < 4.78 is 1.11. The van der Waals surface area contributed by atoms with E-state index in [2.05, 4.69) is 4.98 Å². The van der Waals surface area contributed by atoms with Crippen LogP contribution in [0.1, 0.15) is 5.56 Å². The molecule has 0 bridgehead atoms. The molecule has 16 heavy (non-hydrogen) atoms. The molecule has 0 saturated carbocycles. The predicted octanol–water partition coefficient (Wildman–Crippen LogP) is -0.208. The molecule has 2 rings (SSSR count). The molecule has 78 valence electrons. The van der Waals surface area contributed by atoms with Gasteiger partial charge in [0.25, 0.3) is 5.56 Å². The van der Waals surface area contributed by atoms with Gasteiger partial charge in [0.05, 0.1) is 0 Å². The first-order valence-corrected chi connectivity index (χ1v) is 4.40. The van der Waals surface area contributed by atoms with Gasteiger partial charge in [0, 0.05) is 12.4 Å². The van der Waals surface area contributed by atoms with Crippen molar-refractivity contribution < 1.29 is 0 Å². The van der Waals surface area contributed by atoms with E-state index in [0.29, 0.717) is 5.82 Å². The van der Waals surface area contributed by atoms with Crippen molar-refractivity contribution in [2.24, 2.45) is 0 Å². The molecule has 2 aromatic heterocycles. The number of nitrogens with one attached hydrogen (secondary N) is 1. The fourth-order valence-corrected chi connectivity index (χ4v) is 1.22. The SMILES string of the molecule is N#Cc1cn(-c2ccccn2)c(=O)[nH]c1=O. The van der Waals surface area contributed by atoms with Crippen molar-refractivity contribution in [3.05, 3.63) is 57.0 Å². The molecule has 6 nitrogen and oxygen atoms in total. The molecule has 0 atom stereocenters. The Morgan fingerprint density at radius 3 is 2.81 bits per heavy atom. The fourth-order valence-electron chi connectivity index (χ4n) is 1.22. The Morgan fingerprint density at radius 1 is 1.38 bits per heavy atom. The highest BCUT2D eigenvalue weighted by molar-refractivity contribution is 5.28. The average molecular weight is 214 g/mol. The lowest BCUT2D eigenvalue weighted by Crippen LogP contribution is -2.30. The monoisotopic (exact) mass is 214 g/mol. The largest absolute Gasteiger partial charge is 0.334 e. The van der Waals surface area contributed by atoms with Gasteiger partial charge in [0.2, 0.25) is 0 Å². The van der Waals surface area contributed by atoms with Crippen LogP contribution in [0.4, 0.5) is 0 Å². The zero-order valence-corrected chi connectivity index (χ0v) is 8.04. The zero-order valence-electron chi connectivity index (χ0n) is 8.04. The van der Waals surface area contributed by atoms with Crippen molar-refractivity contribution >= 4 is 0 Å². The van der Waals surface area contributed by atoms with Gasteiger partial charge in [-0.25, -0.2) is 9.78 Å². The van der Waals surface area contributed by atoms with Crippen LogP contribution < -0.4 is 11.2 Å². The minimum Gasteiger partial charge on any atom is -0.273 e. The molecule has 0 spiro atoms. The zero-order chi connectivity index (χ0) is 11.5. The third kappa shape index (κ3) is 1.62. The third-order valence-electron chi connectivity index (χ3n) is 1.96. The molecule has 2 heterocycles. The van der Waals surface area contributed by atoms with Crippen LogP contribution in [0, 0.1) is 11.3 Å². The first-order valence-electron chi connectivity index (χ1n) is 4.40. The van der Waals surface area contributed by atoms with E-state index in [4.69, 9.17) is 5.26 Å². The van der Waals surface area contributed by atoms with E-state index in [1.807, 2.05) is 4.98 Å². The van der Waals surface area contributed by atoms with Crippen molar-refractivity contribution in [1.29, 1.82) is 5.26 Å². The number of hydrogen-bond donors (Lipinski definition) is 1. The normalized spacial score (nSPS) is 9.69. The predicted molar refractivity (Wildman–Crippen MR) is 55.2 cm³/mol. The number of H-pyrrole nitrogens is 1. The van der Waals surface area contributed by atoms with Crippen LogP contribution in [0.3, 0.4) is 0 Å². The second-order valence-electron chi connectivity index (χ2n) is 2.97. The van der Waals surface area contributed by atoms with E-state index in [0.717, 1.165) is 4.57 Å². The number of aromatic amines is 1. The van der Waals surface area contributed by atoms with Gasteiger partial charge in [-0.15, -0.1) is 0 Å². The third-order valence-corrected chi connectivity index (χ3v) is 1.96. The van der Waals surface area contributed by atoms with E-state index in [9.17, 15) is 9.59 Å². The molecule has 6 heteroatoms. The first-order chi connectivity index (χ1) is 7.72. The number of rotatable bonds is 1. The van der Waals surface area contributed by atoms with E-state index < -0.39 is 11.2 Å². The molecule has 0 aliphatic rings. The van der Waals surface area contributed by atoms with E-state index in [1.54, 1.807) is 24.3 Å². The van der Waals surface area contributed by atoms with Gasteiger partial charge in [-0.3, -0.25) is 14.3 Å². The van der Waals surface area contributed by atoms with E-state index >= 15 is 0 Å². The second kappa shape index (κ2) is 3.82. The maximum atomic E-state index is 11.5. The fraction of sp³-hybridized carbons (Fsp3) is 0. The smallest absolute Gasteiger partial charge is 0.273 e. The van der Waals surface area contributed by atoms with Crippen molar-refractivity contribution in [2.75, 3.05) is 0 Å². The van der Waals surface area contributed by atoms with Crippen LogP contribution >= 0.6 is 0 Å². The van der Waals surface area contributed by atoms with Gasteiger partial charge in [-0.2, -0.15) is 5.26 Å². The number of nitrogens with zero attached hydrogens (tertiary/aromatic N) is 3. The van der Waals surface area contributed by atoms with Crippen LogP contribution in [0.2, 0.25) is 0 Å². The Morgan fingerprint density at radius 2 is 2.19 bits per heavy atom. The summed E-state index contributed by atoms with van der Waals surface area (Å²) in [6, 6.07) is 6.70. The van der Waals surface area contributed by atoms with Crippen LogP contribution in [0.25, 0.3) is 5.82 Å². The van der Waals surface area contributed by atoms with Crippen LogP contribution in [0.5, 0.6) is 0 Å². The minimum absolute atomic E-state index is 0.134. The number of aromatic nitrogens is 3. The van der Waals surface area contributed by atoms with Crippen LogP contribution in [0.15, 0.2) is 40.2 Å². The Bertz CT molecular complexity index is 664. The highest BCUT2D eigenvalue weighted by atomic mass is 16.2. The van der Waals surface area contributed by atoms with Gasteiger partial charge in [0.1, 0.15) is 17.5 Å². The quantitative estimate of drug-likeness (QED) is 0.711. The van der Waals surface area contributed by atoms with E-state index in [-0.39, 0.29) is 5.56 Å². The van der Waals surface area contributed by atoms with Gasteiger partial charge in [-0.1, -0.05) is 6.07 Å². The molecule has 0 aromatic carbocycles. The van der Waals surface area contributed by atoms with E-state index in [1.165, 1.54) is 12.4 Å². The molecular weight excluding hydrogens is 208 g/mol. The van der Waals surface area contributed by atoms with Gasteiger partial charge in [0.15, 0.2) is 0 Å². The lowest BCUT2D eigenvalue weighted by atomic mass is 10.3. The number of nitriles is 1. The molecule has 0 radical (unpaired) electrons. The number of hydrogen-bond acceptors (Lipinski definition) is 4. The van der Waals surface area contributed by atoms with Crippen molar-refractivity contribution in [2.45, 2.75) is 0 Å². The second-order valence-corrected chi connectivity index (χ2v) is 2.97. The van der Waals surface area contributed by atoms with Crippen LogP contribution in [-0.4, -0.2) is 14.5 Å². The Hall–Kier alpha value is -2.68. The summed E-state index contributed by atoms with van der Waals surface area (Å²) in [5.74, 6) is 0.347. The molecule has 0 unspecified atom stereocenters. The summed E-state index contributed by atoms with van der Waals surface area (Å²) in [6.07, 6.45) is 2.68. The lowest BCUT2D eigenvalue weighted by molar-refractivity contribution is 0.862. The molecule has 0 aliphatic heterocycles. The minimum atomic E-state index is -0.695. The Kier molecular flexibility index (Phi) is 2.36. The molecule has 0 aliphatic carbocycles. The summed E-state index contributed by atoms with van der Waals surface area (Å²) in [5.41, 5.74) is -1.45. The molecule has 0 saturated heterocycles. The molecule has 0 fully saturated rings. The van der Waals surface area contributed by atoms with Crippen molar-refractivity contribution in [1.82, 2.24) is 14.5 Å². The summed E-state index contributed by atoms with van der Waals surface area (Å²) in [5, 5.41) is 8.67. The topological polar surface area (TPSA) is 91.5 Å². The molecular formula is C10H6N4O2. The highest BCUT2D eigenvalue weighted by Gasteiger charge is 2.05. The summed E-state index contributed by atoms with van der Waals surface area (Å²) >= 11 is 0. The standard InChI is InChI=1S/C10H6N4O2/c11-5-7-6-14(10(16)13-9(7)15)8-3-1-2-4-12-8/h1-4,6H,(H,13,15,16). The highest BCUT2D eigenvalue weighted by Crippen LogP contribution is 1.98. The Balaban J connectivity index is 2.73. The molecule has 1 N–H and O–H groups in total. The summed E-state index contributed by atoms with van der Waals surface area (Å²) in [7, 11) is 0. The number of pyridine rings is 1. The summed E-state index contributed by atoms with van der Waals surface area (Å²) in [6.45, 7) is 0.